The number of hydrogen-bond donors (Lipinski definition) is 2. The van der Waals surface area contributed by atoms with Crippen LogP contribution >= 0.6 is 0 Å². The molecule has 0 bridgehead atoms. The highest BCUT2D eigenvalue weighted by Gasteiger charge is 2.38. The van der Waals surface area contributed by atoms with Crippen LogP contribution in [-0.4, -0.2) is 46.1 Å². The number of benzene rings is 2. The van der Waals surface area contributed by atoms with E-state index in [-0.39, 0.29) is 17.8 Å². The average Bonchev–Trinajstić information content (AvgIpc) is 2.81. The number of rotatable bonds is 5. The first kappa shape index (κ1) is 24.9. The van der Waals surface area contributed by atoms with Gasteiger partial charge in [0.1, 0.15) is 23.2 Å². The third kappa shape index (κ3) is 4.55. The lowest BCUT2D eigenvalue weighted by Crippen LogP contribution is -2.44. The molecule has 7 nitrogen and oxygen atoms in total. The molecule has 1 saturated heterocycles. The number of piperidine rings is 1. The van der Waals surface area contributed by atoms with E-state index in [2.05, 4.69) is 15.3 Å². The second kappa shape index (κ2) is 9.41. The van der Waals surface area contributed by atoms with Crippen molar-refractivity contribution >= 4 is 22.6 Å². The molecular formula is C27H33FN4O3. The monoisotopic (exact) mass is 480 g/mol. The van der Waals surface area contributed by atoms with E-state index in [0.29, 0.717) is 65.5 Å². The fourth-order valence-electron chi connectivity index (χ4n) is 4.99. The zero-order valence-corrected chi connectivity index (χ0v) is 21.2. The molecule has 1 aliphatic heterocycles. The molecule has 186 valence electrons. The molecule has 2 aromatic carbocycles. The Labute approximate surface area is 205 Å². The van der Waals surface area contributed by atoms with Gasteiger partial charge in [0.2, 0.25) is 5.91 Å². The molecule has 2 heterocycles. The molecule has 4 rings (SSSR count). The van der Waals surface area contributed by atoms with Gasteiger partial charge in [0, 0.05) is 42.1 Å². The Balaban J connectivity index is 1.82. The minimum absolute atomic E-state index is 0.00133. The van der Waals surface area contributed by atoms with Gasteiger partial charge < -0.3 is 20.1 Å². The van der Waals surface area contributed by atoms with E-state index in [1.807, 2.05) is 32.9 Å². The number of methoxy groups -OCH3 is 1. The first-order chi connectivity index (χ1) is 16.6. The zero-order valence-electron chi connectivity index (χ0n) is 21.2. The molecule has 1 amide bonds. The van der Waals surface area contributed by atoms with Crippen molar-refractivity contribution in [3.05, 3.63) is 58.2 Å². The summed E-state index contributed by atoms with van der Waals surface area (Å²) >= 11 is 0. The van der Waals surface area contributed by atoms with Gasteiger partial charge in [-0.05, 0) is 52.2 Å². The van der Waals surface area contributed by atoms with Gasteiger partial charge in [0.15, 0.2) is 0 Å². The van der Waals surface area contributed by atoms with E-state index in [0.717, 1.165) is 10.9 Å². The summed E-state index contributed by atoms with van der Waals surface area (Å²) in [6.45, 7) is 9.84. The number of aryl methyl sites for hydroxylation is 3. The highest BCUT2D eigenvalue weighted by Crippen LogP contribution is 2.43. The summed E-state index contributed by atoms with van der Waals surface area (Å²) in [6, 6.07) is 6.88. The predicted octanol–water partition coefficient (Wildman–Crippen LogP) is 4.71. The van der Waals surface area contributed by atoms with Crippen LogP contribution in [0.25, 0.3) is 10.9 Å². The van der Waals surface area contributed by atoms with E-state index < -0.39 is 5.60 Å². The second-order valence-electron chi connectivity index (χ2n) is 9.48. The summed E-state index contributed by atoms with van der Waals surface area (Å²) in [7, 11) is 1.58. The van der Waals surface area contributed by atoms with Crippen LogP contribution in [0.5, 0.6) is 5.75 Å². The molecule has 1 fully saturated rings. The van der Waals surface area contributed by atoms with E-state index in [4.69, 9.17) is 4.74 Å². The normalized spacial score (nSPS) is 16.3. The number of nitrogens with zero attached hydrogens (tertiary/aromatic N) is 3. The number of hydrogen-bond acceptors (Lipinski definition) is 6. The number of halogens is 1. The van der Waals surface area contributed by atoms with Gasteiger partial charge in [-0.1, -0.05) is 18.2 Å². The van der Waals surface area contributed by atoms with Crippen LogP contribution in [0, 0.1) is 26.6 Å². The molecule has 0 aliphatic carbocycles. The van der Waals surface area contributed by atoms with Crippen molar-refractivity contribution in [2.24, 2.45) is 0 Å². The average molecular weight is 481 g/mol. The molecule has 2 N–H and O–H groups in total. The Bertz CT molecular complexity index is 1290. The number of aliphatic hydroxyl groups is 1. The van der Waals surface area contributed by atoms with E-state index in [1.165, 1.54) is 0 Å². The minimum atomic E-state index is -1.16. The number of ether oxygens (including phenoxy) is 1. The lowest BCUT2D eigenvalue weighted by Gasteiger charge is -2.39. The number of carbonyl (C=O) groups excluding carboxylic acids is 1. The van der Waals surface area contributed by atoms with Gasteiger partial charge in [-0.3, -0.25) is 4.79 Å². The molecule has 0 unspecified atom stereocenters. The minimum Gasteiger partial charge on any atom is -0.496 e. The smallest absolute Gasteiger partial charge is 0.219 e. The van der Waals surface area contributed by atoms with Crippen molar-refractivity contribution in [3.8, 4) is 5.75 Å². The van der Waals surface area contributed by atoms with Gasteiger partial charge in [0.25, 0.3) is 0 Å². The lowest BCUT2D eigenvalue weighted by atomic mass is 9.82. The first-order valence-electron chi connectivity index (χ1n) is 11.9. The van der Waals surface area contributed by atoms with Crippen molar-refractivity contribution in [1.82, 2.24) is 14.9 Å². The van der Waals surface area contributed by atoms with Gasteiger partial charge in [0.05, 0.1) is 24.3 Å². The SMILES string of the molecule is COc1c(C2(O)CCN(C(C)=O)CC2)cc2c(N[C@H](C)c3cccc(C)c3F)nc(C)nc2c1C. The standard InChI is InChI=1S/C27H33FN4O3/c1-15-8-7-9-20(23(15)28)17(3)29-26-21-14-22(27(34)10-12-32(13-11-27)19(5)33)25(35-6)16(2)24(21)30-18(4)31-26/h7-9,14,17,34H,10-13H2,1-6H3,(H,29,30,31)/t17-/m1/s1. The fourth-order valence-corrected chi connectivity index (χ4v) is 4.99. The van der Waals surface area contributed by atoms with Crippen LogP contribution < -0.4 is 10.1 Å². The van der Waals surface area contributed by atoms with Gasteiger partial charge >= 0.3 is 0 Å². The zero-order chi connectivity index (χ0) is 25.5. The summed E-state index contributed by atoms with van der Waals surface area (Å²) in [5.41, 5.74) is 2.13. The topological polar surface area (TPSA) is 87.6 Å². The number of anilines is 1. The van der Waals surface area contributed by atoms with Crippen molar-refractivity contribution in [2.75, 3.05) is 25.5 Å². The quantitative estimate of drug-likeness (QED) is 0.550. The molecule has 0 saturated carbocycles. The van der Waals surface area contributed by atoms with Crippen LogP contribution in [0.1, 0.15) is 60.8 Å². The van der Waals surface area contributed by atoms with Crippen LogP contribution in [0.4, 0.5) is 10.2 Å². The van der Waals surface area contributed by atoms with Crippen LogP contribution in [0.2, 0.25) is 0 Å². The number of likely N-dealkylation sites (tertiary alicyclic amines) is 1. The molecule has 0 radical (unpaired) electrons. The molecule has 3 aromatic rings. The Morgan fingerprint density at radius 3 is 2.54 bits per heavy atom. The lowest BCUT2D eigenvalue weighted by molar-refractivity contribution is -0.133. The Kier molecular flexibility index (Phi) is 6.68. The molecule has 35 heavy (non-hydrogen) atoms. The van der Waals surface area contributed by atoms with Crippen LogP contribution in [0.3, 0.4) is 0 Å². The van der Waals surface area contributed by atoms with Crippen LogP contribution in [-0.2, 0) is 10.4 Å². The maximum Gasteiger partial charge on any atom is 0.219 e. The summed E-state index contributed by atoms with van der Waals surface area (Å²) in [4.78, 5) is 22.9. The highest BCUT2D eigenvalue weighted by molar-refractivity contribution is 5.94. The number of amides is 1. The molecule has 8 heteroatoms. The first-order valence-corrected chi connectivity index (χ1v) is 11.9. The van der Waals surface area contributed by atoms with Crippen molar-refractivity contribution < 1.29 is 19.0 Å². The molecular weight excluding hydrogens is 447 g/mol. The fraction of sp³-hybridized carbons (Fsp3) is 0.444. The third-order valence-corrected chi connectivity index (χ3v) is 7.07. The van der Waals surface area contributed by atoms with Gasteiger partial charge in [-0.15, -0.1) is 0 Å². The Morgan fingerprint density at radius 1 is 1.23 bits per heavy atom. The largest absolute Gasteiger partial charge is 0.496 e. The maximum absolute atomic E-state index is 14.8. The molecule has 1 atom stereocenters. The molecule has 1 aromatic heterocycles. The van der Waals surface area contributed by atoms with Crippen molar-refractivity contribution in [1.29, 1.82) is 0 Å². The Hall–Kier alpha value is -3.26. The third-order valence-electron chi connectivity index (χ3n) is 7.07. The van der Waals surface area contributed by atoms with Gasteiger partial charge in [-0.25, -0.2) is 14.4 Å². The van der Waals surface area contributed by atoms with Gasteiger partial charge in [-0.2, -0.15) is 0 Å². The van der Waals surface area contributed by atoms with Crippen molar-refractivity contribution in [3.63, 3.8) is 0 Å². The predicted molar refractivity (Wildman–Crippen MR) is 134 cm³/mol. The number of fused-ring (bicyclic) bond motifs is 1. The highest BCUT2D eigenvalue weighted by atomic mass is 19.1. The van der Waals surface area contributed by atoms with E-state index >= 15 is 0 Å². The summed E-state index contributed by atoms with van der Waals surface area (Å²) in [6.07, 6.45) is 0.794. The number of carbonyl (C=O) groups is 1. The van der Waals surface area contributed by atoms with E-state index in [9.17, 15) is 14.3 Å². The number of nitrogens with one attached hydrogen (secondary N) is 1. The van der Waals surface area contributed by atoms with E-state index in [1.54, 1.807) is 38.0 Å². The van der Waals surface area contributed by atoms with Crippen LogP contribution in [0.15, 0.2) is 24.3 Å². The Morgan fingerprint density at radius 2 is 1.91 bits per heavy atom. The molecule has 1 aliphatic rings. The summed E-state index contributed by atoms with van der Waals surface area (Å²) < 4.78 is 20.6. The molecule has 0 spiro atoms. The maximum atomic E-state index is 14.8. The summed E-state index contributed by atoms with van der Waals surface area (Å²) in [5.74, 6) is 1.48. The summed E-state index contributed by atoms with van der Waals surface area (Å²) in [5, 5.41) is 15.8. The number of aromatic nitrogens is 2. The van der Waals surface area contributed by atoms with Crippen molar-refractivity contribution in [2.45, 2.75) is 59.1 Å². The second-order valence-corrected chi connectivity index (χ2v) is 9.48.